The second-order valence-corrected chi connectivity index (χ2v) is 6.55. The molecule has 6 nitrogen and oxygen atoms in total. The lowest BCUT2D eigenvalue weighted by Crippen LogP contribution is -2.15. The van der Waals surface area contributed by atoms with Gasteiger partial charge in [0.05, 0.1) is 0 Å². The molecule has 4 rings (SSSR count). The van der Waals surface area contributed by atoms with Crippen LogP contribution in [0.2, 0.25) is 5.02 Å². The third kappa shape index (κ3) is 4.23. The first-order valence-corrected chi connectivity index (χ1v) is 9.05. The molecule has 2 aromatic carbocycles. The topological polar surface area (TPSA) is 68.3 Å². The molecule has 0 saturated carbocycles. The molecule has 0 radical (unpaired) electrons. The van der Waals surface area contributed by atoms with Crippen LogP contribution in [0.3, 0.4) is 0 Å². The van der Waals surface area contributed by atoms with E-state index in [0.29, 0.717) is 36.5 Å². The first-order chi connectivity index (χ1) is 13.2. The number of halogens is 1. The Balaban J connectivity index is 1.50. The molecular formula is C20H19ClN4O2. The zero-order valence-corrected chi connectivity index (χ0v) is 15.6. The van der Waals surface area contributed by atoms with Crippen LogP contribution in [-0.4, -0.2) is 23.2 Å². The van der Waals surface area contributed by atoms with Crippen molar-refractivity contribution in [2.45, 2.75) is 13.5 Å². The van der Waals surface area contributed by atoms with Crippen LogP contribution in [0, 0.1) is 6.92 Å². The molecule has 0 spiro atoms. The fourth-order valence-corrected chi connectivity index (χ4v) is 3.00. The third-order valence-corrected chi connectivity index (χ3v) is 4.43. The molecule has 0 fully saturated rings. The molecule has 1 aliphatic rings. The fourth-order valence-electron chi connectivity index (χ4n) is 2.80. The summed E-state index contributed by atoms with van der Waals surface area (Å²) >= 11 is 6.20. The van der Waals surface area contributed by atoms with Crippen LogP contribution in [0.5, 0.6) is 11.5 Å². The summed E-state index contributed by atoms with van der Waals surface area (Å²) in [7, 11) is 0. The molecule has 1 aromatic heterocycles. The minimum Gasteiger partial charge on any atom is -0.486 e. The van der Waals surface area contributed by atoms with Crippen LogP contribution in [0.1, 0.15) is 11.3 Å². The van der Waals surface area contributed by atoms with E-state index in [-0.39, 0.29) is 0 Å². The number of hydrogen-bond acceptors (Lipinski definition) is 6. The molecule has 0 atom stereocenters. The molecule has 2 heterocycles. The van der Waals surface area contributed by atoms with Crippen LogP contribution in [0.4, 0.5) is 17.5 Å². The summed E-state index contributed by atoms with van der Waals surface area (Å²) in [5.41, 5.74) is 2.71. The van der Waals surface area contributed by atoms with Gasteiger partial charge in [-0.25, -0.2) is 4.98 Å². The van der Waals surface area contributed by atoms with Crippen LogP contribution >= 0.6 is 11.6 Å². The van der Waals surface area contributed by atoms with E-state index in [1.807, 2.05) is 55.5 Å². The Hall–Kier alpha value is -2.99. The van der Waals surface area contributed by atoms with E-state index in [1.54, 1.807) is 0 Å². The average molecular weight is 383 g/mol. The molecule has 0 bridgehead atoms. The summed E-state index contributed by atoms with van der Waals surface area (Å²) in [6.45, 7) is 3.61. The van der Waals surface area contributed by atoms with Gasteiger partial charge >= 0.3 is 0 Å². The lowest BCUT2D eigenvalue weighted by molar-refractivity contribution is 0.171. The average Bonchev–Trinajstić information content (AvgIpc) is 2.67. The predicted octanol–water partition coefficient (Wildman–Crippen LogP) is 4.57. The molecule has 0 amide bonds. The van der Waals surface area contributed by atoms with Crippen LogP contribution < -0.4 is 20.1 Å². The lowest BCUT2D eigenvalue weighted by atomic mass is 10.2. The second-order valence-electron chi connectivity index (χ2n) is 6.15. The first kappa shape index (κ1) is 17.4. The zero-order chi connectivity index (χ0) is 18.6. The number of fused-ring (bicyclic) bond motifs is 1. The van der Waals surface area contributed by atoms with Crippen molar-refractivity contribution < 1.29 is 9.47 Å². The number of aryl methyl sites for hydroxylation is 1. The minimum atomic E-state index is 0.537. The molecular weight excluding hydrogens is 364 g/mol. The summed E-state index contributed by atoms with van der Waals surface area (Å²) in [5, 5.41) is 7.23. The molecule has 0 unspecified atom stereocenters. The van der Waals surface area contributed by atoms with Gasteiger partial charge in [0.1, 0.15) is 19.0 Å². The predicted molar refractivity (Wildman–Crippen MR) is 106 cm³/mol. The molecule has 138 valence electrons. The van der Waals surface area contributed by atoms with E-state index in [9.17, 15) is 0 Å². The van der Waals surface area contributed by atoms with Crippen LogP contribution in [-0.2, 0) is 6.54 Å². The summed E-state index contributed by atoms with van der Waals surface area (Å²) in [4.78, 5) is 8.98. The van der Waals surface area contributed by atoms with Gasteiger partial charge in [0, 0.05) is 35.1 Å². The smallest absolute Gasteiger partial charge is 0.225 e. The van der Waals surface area contributed by atoms with Crippen molar-refractivity contribution in [3.63, 3.8) is 0 Å². The summed E-state index contributed by atoms with van der Waals surface area (Å²) in [5.74, 6) is 2.72. The zero-order valence-electron chi connectivity index (χ0n) is 14.8. The van der Waals surface area contributed by atoms with Gasteiger partial charge in [-0.05, 0) is 30.7 Å². The van der Waals surface area contributed by atoms with Gasteiger partial charge in [-0.3, -0.25) is 0 Å². The summed E-state index contributed by atoms with van der Waals surface area (Å²) in [6, 6.07) is 15.3. The highest BCUT2D eigenvalue weighted by Gasteiger charge is 2.12. The van der Waals surface area contributed by atoms with Crippen molar-refractivity contribution in [2.24, 2.45) is 0 Å². The molecule has 1 aliphatic heterocycles. The van der Waals surface area contributed by atoms with Crippen molar-refractivity contribution in [3.05, 3.63) is 64.8 Å². The molecule has 2 N–H and O–H groups in total. The van der Waals surface area contributed by atoms with Crippen molar-refractivity contribution in [1.29, 1.82) is 0 Å². The second kappa shape index (κ2) is 7.72. The van der Waals surface area contributed by atoms with E-state index in [2.05, 4.69) is 20.6 Å². The number of hydrogen-bond donors (Lipinski definition) is 2. The van der Waals surface area contributed by atoms with E-state index in [1.165, 1.54) is 0 Å². The highest BCUT2D eigenvalue weighted by Crippen LogP contribution is 2.33. The lowest BCUT2D eigenvalue weighted by Gasteiger charge is -2.19. The standard InChI is InChI=1S/C20H19ClN4O2/c1-13-10-19(24-15-6-7-17-18(11-15)27-9-8-26-17)25-20(23-13)22-12-14-4-2-3-5-16(14)21/h2-7,10-11H,8-9,12H2,1H3,(H2,22,23,24,25). The number of aromatic nitrogens is 2. The Morgan fingerprint density at radius 1 is 1.00 bits per heavy atom. The van der Waals surface area contributed by atoms with Gasteiger partial charge in [-0.15, -0.1) is 0 Å². The highest BCUT2D eigenvalue weighted by atomic mass is 35.5. The Morgan fingerprint density at radius 3 is 2.67 bits per heavy atom. The summed E-state index contributed by atoms with van der Waals surface area (Å²) < 4.78 is 11.2. The number of rotatable bonds is 5. The number of anilines is 3. The van der Waals surface area contributed by atoms with Crippen molar-refractivity contribution >= 4 is 29.1 Å². The maximum Gasteiger partial charge on any atom is 0.225 e. The van der Waals surface area contributed by atoms with Gasteiger partial charge in [0.15, 0.2) is 11.5 Å². The van der Waals surface area contributed by atoms with Gasteiger partial charge < -0.3 is 20.1 Å². The minimum absolute atomic E-state index is 0.537. The largest absolute Gasteiger partial charge is 0.486 e. The maximum absolute atomic E-state index is 6.20. The van der Waals surface area contributed by atoms with Crippen molar-refractivity contribution in [1.82, 2.24) is 9.97 Å². The van der Waals surface area contributed by atoms with E-state index >= 15 is 0 Å². The molecule has 0 aliphatic carbocycles. The third-order valence-electron chi connectivity index (χ3n) is 4.06. The summed E-state index contributed by atoms with van der Waals surface area (Å²) in [6.07, 6.45) is 0. The molecule has 3 aromatic rings. The maximum atomic E-state index is 6.20. The Morgan fingerprint density at radius 2 is 1.81 bits per heavy atom. The van der Waals surface area contributed by atoms with Crippen molar-refractivity contribution in [3.8, 4) is 11.5 Å². The number of benzene rings is 2. The van der Waals surface area contributed by atoms with Gasteiger partial charge in [-0.2, -0.15) is 4.98 Å². The van der Waals surface area contributed by atoms with Gasteiger partial charge in [0.2, 0.25) is 5.95 Å². The van der Waals surface area contributed by atoms with E-state index in [0.717, 1.165) is 28.4 Å². The Bertz CT molecular complexity index is 964. The first-order valence-electron chi connectivity index (χ1n) is 8.67. The van der Waals surface area contributed by atoms with Gasteiger partial charge in [-0.1, -0.05) is 29.8 Å². The van der Waals surface area contributed by atoms with Crippen LogP contribution in [0.15, 0.2) is 48.5 Å². The van der Waals surface area contributed by atoms with Gasteiger partial charge in [0.25, 0.3) is 0 Å². The Kier molecular flexibility index (Phi) is 4.98. The fraction of sp³-hybridized carbons (Fsp3) is 0.200. The SMILES string of the molecule is Cc1cc(Nc2ccc3c(c2)OCCO3)nc(NCc2ccccc2Cl)n1. The molecule has 0 saturated heterocycles. The highest BCUT2D eigenvalue weighted by molar-refractivity contribution is 6.31. The molecule has 7 heteroatoms. The Labute approximate surface area is 162 Å². The number of ether oxygens (including phenoxy) is 2. The van der Waals surface area contributed by atoms with E-state index in [4.69, 9.17) is 21.1 Å². The monoisotopic (exact) mass is 382 g/mol. The molecule has 27 heavy (non-hydrogen) atoms. The van der Waals surface area contributed by atoms with Crippen LogP contribution in [0.25, 0.3) is 0 Å². The quantitative estimate of drug-likeness (QED) is 0.674. The van der Waals surface area contributed by atoms with Crippen molar-refractivity contribution in [2.75, 3.05) is 23.8 Å². The number of nitrogens with one attached hydrogen (secondary N) is 2. The number of nitrogens with zero attached hydrogens (tertiary/aromatic N) is 2. The van der Waals surface area contributed by atoms with E-state index < -0.39 is 0 Å². The normalized spacial score (nSPS) is 12.5.